The number of rotatable bonds is 6. The van der Waals surface area contributed by atoms with Gasteiger partial charge in [0, 0.05) is 19.6 Å². The highest BCUT2D eigenvalue weighted by Crippen LogP contribution is 2.32. The average molecular weight is 489 g/mol. The molecule has 186 valence electrons. The van der Waals surface area contributed by atoms with Gasteiger partial charge in [-0.3, -0.25) is 4.79 Å². The van der Waals surface area contributed by atoms with Crippen LogP contribution in [0.15, 0.2) is 48.5 Å². The fraction of sp³-hybridized carbons (Fsp3) is 0.333. The third kappa shape index (κ3) is 4.60. The summed E-state index contributed by atoms with van der Waals surface area (Å²) in [5, 5.41) is 17.8. The van der Waals surface area contributed by atoms with Gasteiger partial charge < -0.3 is 15.0 Å². The number of nitrogens with one attached hydrogen (secondary N) is 1. The third-order valence-electron chi connectivity index (χ3n) is 6.75. The molecule has 2 aromatic heterocycles. The number of halogens is 1. The number of hydrogen-bond acceptors (Lipinski definition) is 6. The Morgan fingerprint density at radius 1 is 1.17 bits per heavy atom. The van der Waals surface area contributed by atoms with Crippen molar-refractivity contribution in [3.8, 4) is 11.4 Å². The van der Waals surface area contributed by atoms with Gasteiger partial charge in [-0.15, -0.1) is 5.10 Å². The van der Waals surface area contributed by atoms with Crippen molar-refractivity contribution in [3.63, 3.8) is 0 Å². The van der Waals surface area contributed by atoms with Gasteiger partial charge in [0.2, 0.25) is 5.91 Å². The second kappa shape index (κ2) is 9.93. The number of anilines is 1. The maximum atomic E-state index is 13.5. The normalized spacial score (nSPS) is 15.8. The number of nitrogens with zero attached hydrogens (tertiary/aromatic N) is 5. The van der Waals surface area contributed by atoms with E-state index in [1.54, 1.807) is 19.2 Å². The number of benzene rings is 2. The average Bonchev–Trinajstić information content (AvgIpc) is 3.25. The summed E-state index contributed by atoms with van der Waals surface area (Å²) >= 11 is 0. The van der Waals surface area contributed by atoms with Crippen molar-refractivity contribution in [2.75, 3.05) is 25.1 Å². The van der Waals surface area contributed by atoms with E-state index in [4.69, 9.17) is 9.84 Å². The minimum Gasteiger partial charge on any atom is -0.497 e. The molecule has 4 aromatic rings. The van der Waals surface area contributed by atoms with Gasteiger partial charge in [0.05, 0.1) is 35.5 Å². The summed E-state index contributed by atoms with van der Waals surface area (Å²) in [6.45, 7) is 5.56. The van der Waals surface area contributed by atoms with Crippen molar-refractivity contribution in [3.05, 3.63) is 71.3 Å². The van der Waals surface area contributed by atoms with Crippen molar-refractivity contribution in [1.82, 2.24) is 25.3 Å². The largest absolute Gasteiger partial charge is 0.497 e. The van der Waals surface area contributed by atoms with E-state index < -0.39 is 0 Å². The van der Waals surface area contributed by atoms with E-state index in [2.05, 4.69) is 20.4 Å². The van der Waals surface area contributed by atoms with E-state index in [0.717, 1.165) is 58.7 Å². The summed E-state index contributed by atoms with van der Waals surface area (Å²) in [6, 6.07) is 14.0. The summed E-state index contributed by atoms with van der Waals surface area (Å²) in [6.07, 6.45) is 1.64. The standard InChI is InChI=1S/C27H29FN6O2/c1-17-24-18(2)34(22-9-11-23(36-3)12-10-22)32-25(24)26(31-30-17)33-13-5-7-20(16-33)27(35)29-15-19-6-4-8-21(28)14-19/h4,6,8-12,14,20H,5,7,13,15-16H2,1-3H3,(H,29,35)/t20-/m1/s1. The lowest BCUT2D eigenvalue weighted by Gasteiger charge is -2.32. The Morgan fingerprint density at radius 3 is 2.72 bits per heavy atom. The lowest BCUT2D eigenvalue weighted by molar-refractivity contribution is -0.125. The molecule has 1 fully saturated rings. The van der Waals surface area contributed by atoms with Gasteiger partial charge in [-0.2, -0.15) is 10.2 Å². The Hall–Kier alpha value is -4.01. The molecule has 0 bridgehead atoms. The molecule has 3 heterocycles. The van der Waals surface area contributed by atoms with Gasteiger partial charge in [0.1, 0.15) is 17.1 Å². The first kappa shape index (κ1) is 23.7. The second-order valence-corrected chi connectivity index (χ2v) is 9.16. The van der Waals surface area contributed by atoms with E-state index in [9.17, 15) is 9.18 Å². The summed E-state index contributed by atoms with van der Waals surface area (Å²) in [7, 11) is 1.64. The molecular weight excluding hydrogens is 459 g/mol. The Bertz CT molecular complexity index is 1400. The predicted octanol–water partition coefficient (Wildman–Crippen LogP) is 4.11. The van der Waals surface area contributed by atoms with Crippen LogP contribution in [0.3, 0.4) is 0 Å². The monoisotopic (exact) mass is 488 g/mol. The van der Waals surface area contributed by atoms with E-state index in [0.29, 0.717) is 18.9 Å². The van der Waals surface area contributed by atoms with Crippen molar-refractivity contribution in [2.45, 2.75) is 33.2 Å². The topological polar surface area (TPSA) is 85.2 Å². The predicted molar refractivity (Wildman–Crippen MR) is 136 cm³/mol. The molecule has 1 N–H and O–H groups in total. The number of carbonyl (C=O) groups excluding carboxylic acids is 1. The van der Waals surface area contributed by atoms with Gasteiger partial charge in [-0.25, -0.2) is 9.07 Å². The minimum absolute atomic E-state index is 0.0415. The third-order valence-corrected chi connectivity index (χ3v) is 6.75. The maximum Gasteiger partial charge on any atom is 0.225 e. The molecule has 0 aliphatic carbocycles. The minimum atomic E-state index is -0.308. The van der Waals surface area contributed by atoms with Gasteiger partial charge >= 0.3 is 0 Å². The molecule has 9 heteroatoms. The molecule has 5 rings (SSSR count). The van der Waals surface area contributed by atoms with Crippen LogP contribution in [0.4, 0.5) is 10.2 Å². The van der Waals surface area contributed by atoms with E-state index in [-0.39, 0.29) is 17.6 Å². The van der Waals surface area contributed by atoms with Crippen LogP contribution in [0.25, 0.3) is 16.6 Å². The van der Waals surface area contributed by atoms with Crippen molar-refractivity contribution in [2.24, 2.45) is 5.92 Å². The number of fused-ring (bicyclic) bond motifs is 1. The van der Waals surface area contributed by atoms with Crippen LogP contribution in [0.5, 0.6) is 5.75 Å². The van der Waals surface area contributed by atoms with Crippen molar-refractivity contribution < 1.29 is 13.9 Å². The fourth-order valence-corrected chi connectivity index (χ4v) is 4.86. The molecule has 1 saturated heterocycles. The number of piperidine rings is 1. The number of ether oxygens (including phenoxy) is 1. The van der Waals surface area contributed by atoms with Gasteiger partial charge in [-0.1, -0.05) is 12.1 Å². The molecule has 36 heavy (non-hydrogen) atoms. The highest BCUT2D eigenvalue weighted by molar-refractivity contribution is 5.92. The Morgan fingerprint density at radius 2 is 1.97 bits per heavy atom. The number of methoxy groups -OCH3 is 1. The lowest BCUT2D eigenvalue weighted by atomic mass is 9.97. The highest BCUT2D eigenvalue weighted by Gasteiger charge is 2.29. The van der Waals surface area contributed by atoms with Gasteiger partial charge in [-0.05, 0) is 68.7 Å². The van der Waals surface area contributed by atoms with Crippen LogP contribution in [0.1, 0.15) is 29.8 Å². The zero-order chi connectivity index (χ0) is 25.2. The number of aromatic nitrogens is 4. The summed E-state index contributed by atoms with van der Waals surface area (Å²) in [5.41, 5.74) is 4.22. The smallest absolute Gasteiger partial charge is 0.225 e. The van der Waals surface area contributed by atoms with E-state index >= 15 is 0 Å². The fourth-order valence-electron chi connectivity index (χ4n) is 4.86. The number of hydrogen-bond donors (Lipinski definition) is 1. The molecule has 1 aliphatic heterocycles. The van der Waals surface area contributed by atoms with Crippen LogP contribution in [0.2, 0.25) is 0 Å². The summed E-state index contributed by atoms with van der Waals surface area (Å²) in [4.78, 5) is 15.1. The van der Waals surface area contributed by atoms with Crippen molar-refractivity contribution in [1.29, 1.82) is 0 Å². The van der Waals surface area contributed by atoms with Crippen LogP contribution in [0, 0.1) is 25.6 Å². The molecular formula is C27H29FN6O2. The molecule has 0 radical (unpaired) electrons. The first-order valence-electron chi connectivity index (χ1n) is 12.1. The first-order chi connectivity index (χ1) is 17.4. The van der Waals surface area contributed by atoms with E-state index in [1.165, 1.54) is 12.1 Å². The molecule has 2 aromatic carbocycles. The molecule has 0 saturated carbocycles. The zero-order valence-electron chi connectivity index (χ0n) is 20.7. The van der Waals surface area contributed by atoms with Crippen molar-refractivity contribution >= 4 is 22.6 Å². The number of aryl methyl sites for hydroxylation is 2. The van der Waals surface area contributed by atoms with E-state index in [1.807, 2.05) is 42.8 Å². The quantitative estimate of drug-likeness (QED) is 0.440. The Balaban J connectivity index is 1.39. The highest BCUT2D eigenvalue weighted by atomic mass is 19.1. The van der Waals surface area contributed by atoms with Crippen LogP contribution in [-0.4, -0.2) is 46.1 Å². The maximum absolute atomic E-state index is 13.5. The molecule has 0 unspecified atom stereocenters. The first-order valence-corrected chi connectivity index (χ1v) is 12.1. The number of carbonyl (C=O) groups is 1. The summed E-state index contributed by atoms with van der Waals surface area (Å²) < 4.78 is 20.7. The second-order valence-electron chi connectivity index (χ2n) is 9.16. The Labute approximate surface area is 209 Å². The summed E-state index contributed by atoms with van der Waals surface area (Å²) in [5.74, 6) is 0.921. The van der Waals surface area contributed by atoms with Gasteiger partial charge in [0.25, 0.3) is 0 Å². The molecule has 0 spiro atoms. The van der Waals surface area contributed by atoms with Gasteiger partial charge in [0.15, 0.2) is 5.82 Å². The number of amides is 1. The zero-order valence-corrected chi connectivity index (χ0v) is 20.7. The lowest BCUT2D eigenvalue weighted by Crippen LogP contribution is -2.43. The molecule has 8 nitrogen and oxygen atoms in total. The molecule has 1 amide bonds. The van der Waals surface area contributed by atoms with Crippen LogP contribution < -0.4 is 15.0 Å². The SMILES string of the molecule is COc1ccc(-n2nc3c(N4CCC[C@@H](C(=O)NCc5cccc(F)c5)C4)nnc(C)c3c2C)cc1. The van der Waals surface area contributed by atoms with Crippen LogP contribution in [-0.2, 0) is 11.3 Å². The molecule has 1 atom stereocenters. The molecule has 1 aliphatic rings. The Kier molecular flexibility index (Phi) is 6.54. The van der Waals surface area contributed by atoms with Crippen LogP contribution >= 0.6 is 0 Å².